The first-order valence-corrected chi connectivity index (χ1v) is 11.8. The number of hydrogen-bond acceptors (Lipinski definition) is 5. The van der Waals surface area contributed by atoms with Gasteiger partial charge in [-0.15, -0.1) is 10.2 Å². The van der Waals surface area contributed by atoms with E-state index in [1.807, 2.05) is 42.4 Å². The Morgan fingerprint density at radius 2 is 1.81 bits per heavy atom. The van der Waals surface area contributed by atoms with Crippen LogP contribution < -0.4 is 4.74 Å². The molecular weight excluding hydrogens is 427 g/mol. The Hall–Kier alpha value is -2.87. The number of carbonyl (C=O) groups is 1. The number of nitrogens with zero attached hydrogens (tertiary/aromatic N) is 4. The first-order chi connectivity index (χ1) is 15.4. The second-order valence-corrected chi connectivity index (χ2v) is 9.08. The smallest absolute Gasteiger partial charge is 0.233 e. The van der Waals surface area contributed by atoms with E-state index in [4.69, 9.17) is 4.74 Å². The van der Waals surface area contributed by atoms with Crippen LogP contribution in [0, 0.1) is 5.82 Å². The van der Waals surface area contributed by atoms with Crippen molar-refractivity contribution < 1.29 is 13.9 Å². The van der Waals surface area contributed by atoms with Gasteiger partial charge in [-0.05, 0) is 62.6 Å². The summed E-state index contributed by atoms with van der Waals surface area (Å²) in [4.78, 5) is 14.8. The molecular formula is C24H27FN4O2S. The molecule has 2 heterocycles. The third-order valence-corrected chi connectivity index (χ3v) is 6.43. The van der Waals surface area contributed by atoms with Crippen LogP contribution in [0.25, 0.3) is 0 Å². The topological polar surface area (TPSA) is 60.3 Å². The lowest BCUT2D eigenvalue weighted by Gasteiger charge is -2.28. The van der Waals surface area contributed by atoms with Crippen LogP contribution in [0.5, 0.6) is 5.75 Å². The fourth-order valence-electron chi connectivity index (χ4n) is 3.85. The summed E-state index contributed by atoms with van der Waals surface area (Å²) in [7, 11) is 0. The molecule has 0 bridgehead atoms. The van der Waals surface area contributed by atoms with Gasteiger partial charge >= 0.3 is 0 Å². The van der Waals surface area contributed by atoms with Gasteiger partial charge in [0.2, 0.25) is 5.91 Å². The molecule has 0 saturated carbocycles. The van der Waals surface area contributed by atoms with Crippen LogP contribution in [0.2, 0.25) is 0 Å². The summed E-state index contributed by atoms with van der Waals surface area (Å²) in [5.41, 5.74) is 2.54. The lowest BCUT2D eigenvalue weighted by Crippen LogP contribution is -2.37. The maximum absolute atomic E-state index is 13.2. The van der Waals surface area contributed by atoms with E-state index >= 15 is 0 Å². The van der Waals surface area contributed by atoms with Gasteiger partial charge in [0.25, 0.3) is 0 Å². The zero-order valence-corrected chi connectivity index (χ0v) is 19.3. The zero-order chi connectivity index (χ0) is 22.7. The summed E-state index contributed by atoms with van der Waals surface area (Å²) < 4.78 is 21.1. The van der Waals surface area contributed by atoms with Crippen LogP contribution in [0.15, 0.2) is 53.7 Å². The highest BCUT2D eigenvalue weighted by Gasteiger charge is 2.24. The molecule has 1 unspecified atom stereocenters. The molecule has 3 aromatic rings. The summed E-state index contributed by atoms with van der Waals surface area (Å²) in [6.07, 6.45) is 0.510. The van der Waals surface area contributed by atoms with Crippen molar-refractivity contribution in [3.63, 3.8) is 0 Å². The van der Waals surface area contributed by atoms with Crippen molar-refractivity contribution >= 4 is 17.7 Å². The molecule has 0 radical (unpaired) electrons. The number of halogens is 1. The Bertz CT molecular complexity index is 1080. The van der Waals surface area contributed by atoms with E-state index in [0.717, 1.165) is 13.0 Å². The maximum atomic E-state index is 13.2. The first kappa shape index (κ1) is 22.3. The second kappa shape index (κ2) is 9.73. The van der Waals surface area contributed by atoms with Crippen molar-refractivity contribution in [3.8, 4) is 5.75 Å². The summed E-state index contributed by atoms with van der Waals surface area (Å²) >= 11 is 1.40. The van der Waals surface area contributed by atoms with Crippen LogP contribution in [0.4, 0.5) is 4.39 Å². The fraction of sp³-hybridized carbons (Fsp3) is 0.375. The lowest BCUT2D eigenvalue weighted by atomic mass is 10.00. The maximum Gasteiger partial charge on any atom is 0.233 e. The Balaban J connectivity index is 1.42. The summed E-state index contributed by atoms with van der Waals surface area (Å²) in [5, 5.41) is 9.36. The third kappa shape index (κ3) is 4.96. The van der Waals surface area contributed by atoms with Crippen molar-refractivity contribution in [2.75, 3.05) is 12.3 Å². The molecule has 8 heteroatoms. The SMILES string of the molecule is CC(Oc1ccc(F)cc1)c1nnc(SCC(=O)N2CCc3ccccc3C2)n1C(C)C. The van der Waals surface area contributed by atoms with Crippen LogP contribution in [-0.4, -0.2) is 37.9 Å². The van der Waals surface area contributed by atoms with Crippen molar-refractivity contribution in [2.45, 2.75) is 51.0 Å². The Morgan fingerprint density at radius 3 is 2.53 bits per heavy atom. The third-order valence-electron chi connectivity index (χ3n) is 5.51. The number of amides is 1. The molecule has 4 rings (SSSR count). The van der Waals surface area contributed by atoms with Crippen molar-refractivity contribution in [3.05, 3.63) is 71.3 Å². The number of aromatic nitrogens is 3. The zero-order valence-electron chi connectivity index (χ0n) is 18.5. The Labute approximate surface area is 191 Å². The minimum Gasteiger partial charge on any atom is -0.483 e. The molecule has 32 heavy (non-hydrogen) atoms. The molecule has 0 aliphatic carbocycles. The highest BCUT2D eigenvalue weighted by atomic mass is 32.2. The van der Waals surface area contributed by atoms with Gasteiger partial charge < -0.3 is 14.2 Å². The van der Waals surface area contributed by atoms with Crippen LogP contribution in [-0.2, 0) is 17.8 Å². The number of ether oxygens (including phenoxy) is 1. The van der Waals surface area contributed by atoms with E-state index in [1.54, 1.807) is 12.1 Å². The minimum atomic E-state index is -0.376. The average Bonchev–Trinajstić information content (AvgIpc) is 3.23. The summed E-state index contributed by atoms with van der Waals surface area (Å²) in [5.74, 6) is 1.33. The van der Waals surface area contributed by atoms with Gasteiger partial charge in [-0.3, -0.25) is 4.79 Å². The molecule has 0 saturated heterocycles. The minimum absolute atomic E-state index is 0.0960. The van der Waals surface area contributed by atoms with Gasteiger partial charge in [0.05, 0.1) is 5.75 Å². The first-order valence-electron chi connectivity index (χ1n) is 10.8. The monoisotopic (exact) mass is 454 g/mol. The highest BCUT2D eigenvalue weighted by Crippen LogP contribution is 2.28. The predicted molar refractivity (Wildman–Crippen MR) is 122 cm³/mol. The second-order valence-electron chi connectivity index (χ2n) is 8.14. The van der Waals surface area contributed by atoms with Gasteiger partial charge in [-0.25, -0.2) is 4.39 Å². The van der Waals surface area contributed by atoms with E-state index in [0.29, 0.717) is 29.0 Å². The number of carbonyl (C=O) groups excluding carboxylic acids is 1. The van der Waals surface area contributed by atoms with E-state index in [-0.39, 0.29) is 23.9 Å². The van der Waals surface area contributed by atoms with E-state index in [1.165, 1.54) is 35.0 Å². The number of benzene rings is 2. The largest absolute Gasteiger partial charge is 0.483 e. The Kier molecular flexibility index (Phi) is 6.79. The van der Waals surface area contributed by atoms with Crippen LogP contribution in [0.3, 0.4) is 0 Å². The lowest BCUT2D eigenvalue weighted by molar-refractivity contribution is -0.129. The molecule has 1 aromatic heterocycles. The van der Waals surface area contributed by atoms with Gasteiger partial charge in [0.15, 0.2) is 17.1 Å². The molecule has 1 aliphatic rings. The van der Waals surface area contributed by atoms with E-state index < -0.39 is 0 Å². The predicted octanol–water partition coefficient (Wildman–Crippen LogP) is 4.82. The van der Waals surface area contributed by atoms with Gasteiger partial charge in [0, 0.05) is 19.1 Å². The molecule has 0 fully saturated rings. The number of rotatable bonds is 7. The van der Waals surface area contributed by atoms with Crippen LogP contribution in [0.1, 0.15) is 49.9 Å². The molecule has 1 aliphatic heterocycles. The molecule has 6 nitrogen and oxygen atoms in total. The van der Waals surface area contributed by atoms with Gasteiger partial charge in [-0.2, -0.15) is 0 Å². The van der Waals surface area contributed by atoms with E-state index in [9.17, 15) is 9.18 Å². The molecule has 1 atom stereocenters. The van der Waals surface area contributed by atoms with E-state index in [2.05, 4.69) is 22.3 Å². The Morgan fingerprint density at radius 1 is 1.09 bits per heavy atom. The average molecular weight is 455 g/mol. The van der Waals surface area contributed by atoms with Crippen LogP contribution >= 0.6 is 11.8 Å². The van der Waals surface area contributed by atoms with Crippen molar-refractivity contribution in [2.24, 2.45) is 0 Å². The molecule has 1 amide bonds. The summed E-state index contributed by atoms with van der Waals surface area (Å²) in [6.45, 7) is 7.37. The molecule has 0 spiro atoms. The fourth-order valence-corrected chi connectivity index (χ4v) is 4.82. The number of hydrogen-bond donors (Lipinski definition) is 0. The van der Waals surface area contributed by atoms with Crippen molar-refractivity contribution in [1.82, 2.24) is 19.7 Å². The van der Waals surface area contributed by atoms with Crippen molar-refractivity contribution in [1.29, 1.82) is 0 Å². The molecule has 2 aromatic carbocycles. The highest BCUT2D eigenvalue weighted by molar-refractivity contribution is 7.99. The standard InChI is InChI=1S/C24H27FN4O2S/c1-16(2)29-23(17(3)31-21-10-8-20(25)9-11-21)26-27-24(29)32-15-22(30)28-13-12-18-6-4-5-7-19(18)14-28/h4-11,16-17H,12-15H2,1-3H3. The summed E-state index contributed by atoms with van der Waals surface area (Å²) in [6, 6.07) is 14.3. The van der Waals surface area contributed by atoms with Gasteiger partial charge in [0.1, 0.15) is 11.6 Å². The quantitative estimate of drug-likeness (QED) is 0.479. The number of fused-ring (bicyclic) bond motifs is 1. The molecule has 168 valence electrons. The number of thioether (sulfide) groups is 1. The normalized spacial score (nSPS) is 14.3. The van der Waals surface area contributed by atoms with Gasteiger partial charge in [-0.1, -0.05) is 36.0 Å². The molecule has 0 N–H and O–H groups in total.